The van der Waals surface area contributed by atoms with Crippen LogP contribution in [0.4, 0.5) is 0 Å². The lowest BCUT2D eigenvalue weighted by Crippen LogP contribution is -2.63. The summed E-state index contributed by atoms with van der Waals surface area (Å²) in [6.07, 6.45) is -10.8. The van der Waals surface area contributed by atoms with Gasteiger partial charge in [0.25, 0.3) is 0 Å². The summed E-state index contributed by atoms with van der Waals surface area (Å²) in [5.41, 5.74) is -3.16. The number of aliphatic hydroxyl groups is 3. The van der Waals surface area contributed by atoms with E-state index >= 15 is 4.79 Å². The first-order valence-electron chi connectivity index (χ1n) is 26.2. The Morgan fingerprint density at radius 3 is 1.80 bits per heavy atom. The van der Waals surface area contributed by atoms with E-state index in [1.807, 2.05) is 96.1 Å². The first-order chi connectivity index (χ1) is 35.0. The minimum Gasteiger partial charge on any atom is -0.459 e. The predicted molar refractivity (Wildman–Crippen MR) is 276 cm³/mol. The molecule has 0 saturated carbocycles. The average molecular weight is 1030 g/mol. The summed E-state index contributed by atoms with van der Waals surface area (Å²) in [5, 5.41) is 37.6. The van der Waals surface area contributed by atoms with Gasteiger partial charge in [0.1, 0.15) is 17.3 Å². The lowest BCUT2D eigenvalue weighted by molar-refractivity contribution is -0.319. The molecule has 3 aromatic rings. The highest BCUT2D eigenvalue weighted by Crippen LogP contribution is 2.44. The predicted octanol–water partition coefficient (Wildman–Crippen LogP) is 7.18. The second kappa shape index (κ2) is 25.2. The molecule has 3 aromatic carbocycles. The molecule has 74 heavy (non-hydrogen) atoms. The maximum absolute atomic E-state index is 15.1. The maximum Gasteiger partial charge on any atom is 0.338 e. The Hall–Kier alpha value is -4.33. The summed E-state index contributed by atoms with van der Waals surface area (Å²) in [7, 11) is 6.86. The number of ether oxygens (including phenoxy) is 9. The fourth-order valence-corrected chi connectivity index (χ4v) is 11.6. The number of hydrogen-bond acceptors (Lipinski definition) is 16. The third kappa shape index (κ3) is 13.2. The van der Waals surface area contributed by atoms with Crippen molar-refractivity contribution < 1.29 is 72.3 Å². The molecule has 16 nitrogen and oxygen atoms in total. The van der Waals surface area contributed by atoms with Gasteiger partial charge in [-0.25, -0.2) is 9.59 Å². The van der Waals surface area contributed by atoms with Crippen LogP contribution >= 0.6 is 0 Å². The van der Waals surface area contributed by atoms with E-state index in [4.69, 9.17) is 42.6 Å². The zero-order valence-corrected chi connectivity index (χ0v) is 45.6. The molecule has 3 saturated heterocycles. The molecular weight excluding hydrogens is 951 g/mol. The normalized spacial score (nSPS) is 38.6. The highest BCUT2D eigenvalue weighted by Gasteiger charge is 2.56. The van der Waals surface area contributed by atoms with Crippen LogP contribution in [0.3, 0.4) is 0 Å². The van der Waals surface area contributed by atoms with Gasteiger partial charge in [-0.05, 0) is 104 Å². The molecule has 19 atom stereocenters. The van der Waals surface area contributed by atoms with Gasteiger partial charge in [-0.2, -0.15) is 0 Å². The molecule has 3 N–H and O–H groups in total. The molecule has 0 bridgehead atoms. The van der Waals surface area contributed by atoms with Gasteiger partial charge in [0, 0.05) is 38.9 Å². The largest absolute Gasteiger partial charge is 0.459 e. The molecule has 3 aliphatic heterocycles. The van der Waals surface area contributed by atoms with Crippen LogP contribution in [0.15, 0.2) is 91.0 Å². The molecule has 410 valence electrons. The van der Waals surface area contributed by atoms with Gasteiger partial charge in [-0.1, -0.05) is 94.4 Å². The summed E-state index contributed by atoms with van der Waals surface area (Å²) in [4.78, 5) is 44.5. The summed E-state index contributed by atoms with van der Waals surface area (Å²) >= 11 is 0. The number of aliphatic hydroxyl groups excluding tert-OH is 2. The van der Waals surface area contributed by atoms with Gasteiger partial charge in [-0.15, -0.1) is 0 Å². The van der Waals surface area contributed by atoms with Crippen molar-refractivity contribution in [2.24, 2.45) is 23.7 Å². The second-order valence-electron chi connectivity index (χ2n) is 21.8. The number of nitrogens with zero attached hydrogens (tertiary/aromatic N) is 1. The van der Waals surface area contributed by atoms with Crippen LogP contribution in [-0.4, -0.2) is 157 Å². The molecular formula is C58H83NO15. The van der Waals surface area contributed by atoms with Crippen molar-refractivity contribution in [2.45, 2.75) is 185 Å². The first kappa shape index (κ1) is 58.9. The van der Waals surface area contributed by atoms with Crippen LogP contribution in [0.25, 0.3) is 0 Å². The highest BCUT2D eigenvalue weighted by atomic mass is 16.7. The van der Waals surface area contributed by atoms with Crippen LogP contribution in [0.2, 0.25) is 0 Å². The van der Waals surface area contributed by atoms with Crippen molar-refractivity contribution in [2.75, 3.05) is 28.3 Å². The molecule has 0 radical (unpaired) electrons. The SMILES string of the molecule is CC[C@H]1OC(=O)[C@H](C)[C@@H](OC2C[C@@](C)(OC)[C@@H](OC(=O)c3ccccc3)[C@H](C)O2)[C@H](C)[C@@H](OC2O[C@H](C)C[C@H](N(C)C)[C@H]2OC(=O)c2ccccc2)[C@](C)(OC)C[C@@H](C)[C@H](O)[C@H](C)[C@@H](O)[C@@]1(O)Cc1ccccc1. The number of benzene rings is 3. The summed E-state index contributed by atoms with van der Waals surface area (Å²) < 4.78 is 59.2. The maximum atomic E-state index is 15.1. The van der Waals surface area contributed by atoms with Crippen molar-refractivity contribution in [1.29, 1.82) is 0 Å². The number of esters is 3. The van der Waals surface area contributed by atoms with Crippen LogP contribution in [-0.2, 0) is 53.8 Å². The van der Waals surface area contributed by atoms with E-state index in [-0.39, 0.29) is 37.8 Å². The zero-order chi connectivity index (χ0) is 54.3. The summed E-state index contributed by atoms with van der Waals surface area (Å²) in [5.74, 6) is -5.38. The van der Waals surface area contributed by atoms with Gasteiger partial charge in [0.15, 0.2) is 24.8 Å². The monoisotopic (exact) mass is 1030 g/mol. The van der Waals surface area contributed by atoms with E-state index in [9.17, 15) is 24.9 Å². The Kier molecular flexibility index (Phi) is 20.1. The molecule has 16 heteroatoms. The van der Waals surface area contributed by atoms with E-state index in [0.29, 0.717) is 23.1 Å². The van der Waals surface area contributed by atoms with E-state index in [1.54, 1.807) is 76.2 Å². The van der Waals surface area contributed by atoms with Gasteiger partial charge in [-0.3, -0.25) is 4.79 Å². The number of carbonyl (C=O) groups excluding carboxylic acids is 3. The molecule has 2 unspecified atom stereocenters. The van der Waals surface area contributed by atoms with Crippen molar-refractivity contribution in [3.63, 3.8) is 0 Å². The average Bonchev–Trinajstić information content (AvgIpc) is 3.39. The molecule has 0 amide bonds. The Morgan fingerprint density at radius 2 is 1.26 bits per heavy atom. The Balaban J connectivity index is 1.47. The van der Waals surface area contributed by atoms with Crippen LogP contribution in [0, 0.1) is 23.7 Å². The van der Waals surface area contributed by atoms with E-state index in [0.717, 1.165) is 0 Å². The van der Waals surface area contributed by atoms with E-state index < -0.39 is 120 Å². The minimum absolute atomic E-state index is 0.0473. The third-order valence-electron chi connectivity index (χ3n) is 16.1. The molecule has 0 aromatic heterocycles. The van der Waals surface area contributed by atoms with Crippen LogP contribution < -0.4 is 0 Å². The van der Waals surface area contributed by atoms with Crippen molar-refractivity contribution in [3.05, 3.63) is 108 Å². The molecule has 0 aliphatic carbocycles. The summed E-state index contributed by atoms with van der Waals surface area (Å²) in [6.45, 7) is 16.2. The van der Waals surface area contributed by atoms with Crippen molar-refractivity contribution >= 4 is 17.9 Å². The first-order valence-corrected chi connectivity index (χ1v) is 26.2. The van der Waals surface area contributed by atoms with Gasteiger partial charge < -0.3 is 62.9 Å². The number of rotatable bonds is 14. The minimum atomic E-state index is -2.06. The quantitative estimate of drug-likeness (QED) is 0.108. The van der Waals surface area contributed by atoms with Gasteiger partial charge in [0.05, 0.1) is 65.3 Å². The molecule has 6 rings (SSSR count). The fraction of sp³-hybridized carbons (Fsp3) is 0.638. The number of carbonyl (C=O) groups is 3. The van der Waals surface area contributed by atoms with Crippen molar-refractivity contribution in [1.82, 2.24) is 4.90 Å². The van der Waals surface area contributed by atoms with Crippen LogP contribution in [0.1, 0.15) is 114 Å². The molecule has 0 spiro atoms. The molecule has 3 heterocycles. The standard InChI is InChI=1S/C58H83NO15/c1-14-44-58(65,32-40-24-18-15-19-25-40)49(61)36(4)46(60)34(2)31-56(8,66-12)50(74-55-48(43(59(10)11)30-35(3)68-55)72-53(63)41-26-20-16-21-27-41)37(5)47(38(6)52(62)70-44)71-45-33-57(9,67-13)51(39(7)69-45)73-54(64)42-28-22-17-23-29-42/h15-29,34-39,43-51,55,60-61,65H,14,30-33H2,1-13H3/t34-,35-,36+,37+,38-,39+,43+,44-,45?,46+,47+,48-,49-,50-,51+,55?,56-,57-,58-/m1/s1. The highest BCUT2D eigenvalue weighted by molar-refractivity contribution is 5.90. The topological polar surface area (TPSA) is 198 Å². The number of methoxy groups -OCH3 is 2. The van der Waals surface area contributed by atoms with E-state index in [1.165, 1.54) is 14.2 Å². The van der Waals surface area contributed by atoms with Gasteiger partial charge in [0.2, 0.25) is 0 Å². The Bertz CT molecular complexity index is 2260. The Labute approximate surface area is 438 Å². The summed E-state index contributed by atoms with van der Waals surface area (Å²) in [6, 6.07) is 26.1. The second-order valence-corrected chi connectivity index (χ2v) is 21.8. The zero-order valence-electron chi connectivity index (χ0n) is 45.6. The lowest BCUT2D eigenvalue weighted by atomic mass is 9.71. The molecule has 3 aliphatic rings. The number of hydrogen-bond donors (Lipinski definition) is 3. The van der Waals surface area contributed by atoms with E-state index in [2.05, 4.69) is 0 Å². The fourth-order valence-electron chi connectivity index (χ4n) is 11.6. The number of cyclic esters (lactones) is 1. The van der Waals surface area contributed by atoms with Gasteiger partial charge >= 0.3 is 17.9 Å². The molecule has 3 fully saturated rings. The lowest BCUT2D eigenvalue weighted by Gasteiger charge is -2.51. The Morgan fingerprint density at radius 1 is 0.716 bits per heavy atom. The van der Waals surface area contributed by atoms with Crippen molar-refractivity contribution in [3.8, 4) is 0 Å². The third-order valence-corrected chi connectivity index (χ3v) is 16.1. The smallest absolute Gasteiger partial charge is 0.338 e. The van der Waals surface area contributed by atoms with Crippen LogP contribution in [0.5, 0.6) is 0 Å². The number of likely N-dealkylation sites (N-methyl/N-ethyl adjacent to an activating group) is 1.